The lowest BCUT2D eigenvalue weighted by molar-refractivity contribution is -0.410. The van der Waals surface area contributed by atoms with Crippen molar-refractivity contribution in [2.75, 3.05) is 21.3 Å². The number of hydrogen-bond donors (Lipinski definition) is 1. The summed E-state index contributed by atoms with van der Waals surface area (Å²) in [7, 11) is 3.47. The SMILES string of the molecule is COC(=O)/C=C\C1C(C(=O)OC)=C(C(=O)OC)ON1C1(OO)CCCC1. The molecule has 1 atom stereocenters. The van der Waals surface area contributed by atoms with E-state index in [-0.39, 0.29) is 5.57 Å². The molecule has 1 N–H and O–H groups in total. The molecule has 1 fully saturated rings. The van der Waals surface area contributed by atoms with Crippen molar-refractivity contribution in [2.45, 2.75) is 37.5 Å². The van der Waals surface area contributed by atoms with Crippen LogP contribution in [0.5, 0.6) is 0 Å². The molecular formula is C16H21NO9. The maximum absolute atomic E-state index is 12.3. The second-order valence-corrected chi connectivity index (χ2v) is 5.71. The minimum Gasteiger partial charge on any atom is -0.466 e. The van der Waals surface area contributed by atoms with Crippen LogP contribution in [0.3, 0.4) is 0 Å². The zero-order valence-electron chi connectivity index (χ0n) is 14.7. The second-order valence-electron chi connectivity index (χ2n) is 5.71. The first-order chi connectivity index (χ1) is 12.4. The van der Waals surface area contributed by atoms with Crippen LogP contribution in [-0.2, 0) is 38.3 Å². The standard InChI is InChI=1S/C16H21NO9/c1-22-11(18)7-6-10-12(14(19)23-2)13(15(20)24-3)25-17(10)16(26-21)8-4-5-9-16/h6-7,10,21H,4-5,8-9H2,1-3H3/b7-6-. The molecule has 26 heavy (non-hydrogen) atoms. The summed E-state index contributed by atoms with van der Waals surface area (Å²) in [4.78, 5) is 46.1. The fourth-order valence-electron chi connectivity index (χ4n) is 3.05. The summed E-state index contributed by atoms with van der Waals surface area (Å²) in [6.07, 6.45) is 4.60. The Labute approximate surface area is 149 Å². The third-order valence-electron chi connectivity index (χ3n) is 4.33. The topological polar surface area (TPSA) is 121 Å². The van der Waals surface area contributed by atoms with E-state index in [1.165, 1.54) is 13.2 Å². The van der Waals surface area contributed by atoms with Crippen molar-refractivity contribution < 1.29 is 43.6 Å². The van der Waals surface area contributed by atoms with E-state index in [0.717, 1.165) is 38.2 Å². The van der Waals surface area contributed by atoms with Gasteiger partial charge in [0.25, 0.3) is 0 Å². The molecular weight excluding hydrogens is 350 g/mol. The summed E-state index contributed by atoms with van der Waals surface area (Å²) in [6, 6.07) is -1.04. The molecule has 0 radical (unpaired) electrons. The third kappa shape index (κ3) is 3.57. The van der Waals surface area contributed by atoms with Crippen molar-refractivity contribution in [3.8, 4) is 0 Å². The largest absolute Gasteiger partial charge is 0.466 e. The van der Waals surface area contributed by atoms with Crippen molar-refractivity contribution in [2.24, 2.45) is 0 Å². The van der Waals surface area contributed by atoms with Gasteiger partial charge in [0, 0.05) is 6.08 Å². The van der Waals surface area contributed by atoms with E-state index in [1.54, 1.807) is 0 Å². The number of carbonyl (C=O) groups excluding carboxylic acids is 3. The first-order valence-corrected chi connectivity index (χ1v) is 7.91. The maximum Gasteiger partial charge on any atom is 0.376 e. The number of carbonyl (C=O) groups is 3. The van der Waals surface area contributed by atoms with Gasteiger partial charge in [-0.25, -0.2) is 24.5 Å². The van der Waals surface area contributed by atoms with Crippen LogP contribution >= 0.6 is 0 Å². The number of rotatable bonds is 6. The van der Waals surface area contributed by atoms with Crippen molar-refractivity contribution in [1.82, 2.24) is 5.06 Å². The van der Waals surface area contributed by atoms with Crippen LogP contribution in [0.2, 0.25) is 0 Å². The molecule has 0 aromatic carbocycles. The summed E-state index contributed by atoms with van der Waals surface area (Å²) in [5.41, 5.74) is -1.47. The van der Waals surface area contributed by atoms with Crippen LogP contribution in [0.1, 0.15) is 25.7 Å². The van der Waals surface area contributed by atoms with E-state index in [2.05, 4.69) is 14.4 Å². The summed E-state index contributed by atoms with van der Waals surface area (Å²) >= 11 is 0. The van der Waals surface area contributed by atoms with E-state index in [4.69, 9.17) is 9.57 Å². The highest BCUT2D eigenvalue weighted by atomic mass is 17.1. The molecule has 1 aliphatic heterocycles. The Balaban J connectivity index is 2.52. The van der Waals surface area contributed by atoms with Crippen molar-refractivity contribution in [1.29, 1.82) is 0 Å². The van der Waals surface area contributed by atoms with Crippen LogP contribution in [0.4, 0.5) is 0 Å². The minimum atomic E-state index is -1.29. The van der Waals surface area contributed by atoms with E-state index in [0.29, 0.717) is 12.8 Å². The van der Waals surface area contributed by atoms with Gasteiger partial charge in [0.1, 0.15) is 11.6 Å². The van der Waals surface area contributed by atoms with Gasteiger partial charge in [-0.3, -0.25) is 0 Å². The molecule has 1 unspecified atom stereocenters. The highest BCUT2D eigenvalue weighted by Crippen LogP contribution is 2.43. The van der Waals surface area contributed by atoms with E-state index in [1.807, 2.05) is 0 Å². The molecule has 1 saturated carbocycles. The van der Waals surface area contributed by atoms with Crippen LogP contribution in [0.15, 0.2) is 23.5 Å². The van der Waals surface area contributed by atoms with Crippen molar-refractivity contribution >= 4 is 17.9 Å². The number of ether oxygens (including phenoxy) is 3. The predicted molar refractivity (Wildman–Crippen MR) is 83.8 cm³/mol. The Morgan fingerprint density at radius 1 is 1.12 bits per heavy atom. The first kappa shape index (κ1) is 19.9. The van der Waals surface area contributed by atoms with Gasteiger partial charge in [-0.15, -0.1) is 0 Å². The molecule has 2 aliphatic rings. The van der Waals surface area contributed by atoms with E-state index in [9.17, 15) is 19.6 Å². The Morgan fingerprint density at radius 3 is 2.23 bits per heavy atom. The summed E-state index contributed by atoms with van der Waals surface area (Å²) < 4.78 is 13.9. The Bertz CT molecular complexity index is 634. The van der Waals surface area contributed by atoms with Gasteiger partial charge in [-0.05, 0) is 25.7 Å². The van der Waals surface area contributed by atoms with Crippen LogP contribution in [0, 0.1) is 0 Å². The average Bonchev–Trinajstić information content (AvgIpc) is 3.30. The maximum atomic E-state index is 12.3. The highest BCUT2D eigenvalue weighted by molar-refractivity contribution is 6.01. The molecule has 0 saturated heterocycles. The molecule has 10 nitrogen and oxygen atoms in total. The van der Waals surface area contributed by atoms with Crippen LogP contribution in [0.25, 0.3) is 0 Å². The molecule has 144 valence electrons. The number of esters is 3. The van der Waals surface area contributed by atoms with Crippen LogP contribution < -0.4 is 0 Å². The lowest BCUT2D eigenvalue weighted by Gasteiger charge is -2.36. The van der Waals surface area contributed by atoms with Crippen LogP contribution in [-0.4, -0.2) is 61.3 Å². The quantitative estimate of drug-likeness (QED) is 0.235. The lowest BCUT2D eigenvalue weighted by atomic mass is 10.0. The molecule has 0 amide bonds. The summed E-state index contributed by atoms with van der Waals surface area (Å²) in [6.45, 7) is 0. The fraction of sp³-hybridized carbons (Fsp3) is 0.562. The zero-order valence-corrected chi connectivity index (χ0v) is 14.7. The number of hydroxylamine groups is 2. The molecule has 1 aliphatic carbocycles. The van der Waals surface area contributed by atoms with Gasteiger partial charge in [-0.2, -0.15) is 0 Å². The van der Waals surface area contributed by atoms with Crippen molar-refractivity contribution in [3.05, 3.63) is 23.5 Å². The number of nitrogens with zero attached hydrogens (tertiary/aromatic N) is 1. The molecule has 0 aromatic heterocycles. The minimum absolute atomic E-state index is 0.178. The molecule has 10 heteroatoms. The normalized spacial score (nSPS) is 22.4. The Kier molecular flexibility index (Phi) is 6.35. The monoisotopic (exact) mass is 371 g/mol. The van der Waals surface area contributed by atoms with Crippen molar-refractivity contribution in [3.63, 3.8) is 0 Å². The van der Waals surface area contributed by atoms with Gasteiger partial charge in [-0.1, -0.05) is 11.1 Å². The highest BCUT2D eigenvalue weighted by Gasteiger charge is 2.54. The molecule has 0 aromatic rings. The second kappa shape index (κ2) is 8.30. The Hall–Kier alpha value is -2.43. The predicted octanol–water partition coefficient (Wildman–Crippen LogP) is 0.691. The van der Waals surface area contributed by atoms with Gasteiger partial charge < -0.3 is 19.0 Å². The zero-order chi connectivity index (χ0) is 19.3. The van der Waals surface area contributed by atoms with E-state index < -0.39 is 35.4 Å². The number of hydrogen-bond acceptors (Lipinski definition) is 10. The lowest BCUT2D eigenvalue weighted by Crippen LogP contribution is -2.51. The van der Waals surface area contributed by atoms with Gasteiger partial charge >= 0.3 is 17.9 Å². The number of methoxy groups -OCH3 is 3. The van der Waals surface area contributed by atoms with Gasteiger partial charge in [0.2, 0.25) is 5.76 Å². The molecule has 2 rings (SSSR count). The molecule has 0 bridgehead atoms. The summed E-state index contributed by atoms with van der Waals surface area (Å²) in [5.74, 6) is -2.83. The van der Waals surface area contributed by atoms with Gasteiger partial charge in [0.05, 0.1) is 21.3 Å². The van der Waals surface area contributed by atoms with Gasteiger partial charge in [0.15, 0.2) is 5.72 Å². The third-order valence-corrected chi connectivity index (χ3v) is 4.33. The molecule has 1 heterocycles. The van der Waals surface area contributed by atoms with E-state index >= 15 is 0 Å². The fourth-order valence-corrected chi connectivity index (χ4v) is 3.05. The summed E-state index contributed by atoms with van der Waals surface area (Å²) in [5, 5.41) is 10.7. The molecule has 0 spiro atoms. The average molecular weight is 371 g/mol. The Morgan fingerprint density at radius 2 is 1.73 bits per heavy atom. The smallest absolute Gasteiger partial charge is 0.376 e. The first-order valence-electron chi connectivity index (χ1n) is 7.91.